The van der Waals surface area contributed by atoms with Crippen LogP contribution in [0.5, 0.6) is 0 Å². The second-order valence-electron chi connectivity index (χ2n) is 8.64. The zero-order valence-corrected chi connectivity index (χ0v) is 18.4. The van der Waals surface area contributed by atoms with Crippen LogP contribution in [-0.4, -0.2) is 62.2 Å². The molecule has 3 atom stereocenters. The molecule has 0 spiro atoms. The van der Waals surface area contributed by atoms with Crippen LogP contribution >= 0.6 is 11.6 Å². The number of aromatic nitrogens is 3. The maximum atomic E-state index is 14.2. The van der Waals surface area contributed by atoms with Gasteiger partial charge in [-0.1, -0.05) is 11.6 Å². The van der Waals surface area contributed by atoms with Crippen LogP contribution in [0.25, 0.3) is 5.69 Å². The van der Waals surface area contributed by atoms with E-state index in [-0.39, 0.29) is 44.7 Å². The summed E-state index contributed by atoms with van der Waals surface area (Å²) in [4.78, 5) is 30.7. The zero-order chi connectivity index (χ0) is 23.8. The van der Waals surface area contributed by atoms with Crippen molar-refractivity contribution in [3.8, 4) is 5.69 Å². The summed E-state index contributed by atoms with van der Waals surface area (Å²) in [6.07, 6.45) is 0.807. The van der Waals surface area contributed by atoms with E-state index in [9.17, 15) is 22.8 Å². The second kappa shape index (κ2) is 9.30. The SMILES string of the molecule is N[C@H](CC1CC(F)(F)C1)C(=O)N1C[C@H](F)CC1C(=O)NCc1cc(Cl)ccc1-n1cncn1. The maximum Gasteiger partial charge on any atom is 0.248 e. The minimum absolute atomic E-state index is 0.0628. The molecule has 2 aliphatic rings. The Bertz CT molecular complexity index is 1010. The lowest BCUT2D eigenvalue weighted by Gasteiger charge is -2.36. The van der Waals surface area contributed by atoms with Gasteiger partial charge in [0.2, 0.25) is 17.7 Å². The van der Waals surface area contributed by atoms with Crippen molar-refractivity contribution < 1.29 is 22.8 Å². The molecule has 1 aliphatic heterocycles. The number of nitrogens with one attached hydrogen (secondary N) is 1. The minimum atomic E-state index is -2.71. The number of nitrogens with zero attached hydrogens (tertiary/aromatic N) is 4. The lowest BCUT2D eigenvalue weighted by atomic mass is 9.77. The van der Waals surface area contributed by atoms with Crippen LogP contribution < -0.4 is 11.1 Å². The largest absolute Gasteiger partial charge is 0.350 e. The van der Waals surface area contributed by atoms with Gasteiger partial charge in [0.05, 0.1) is 18.3 Å². The molecule has 8 nitrogen and oxygen atoms in total. The number of benzene rings is 1. The zero-order valence-electron chi connectivity index (χ0n) is 17.6. The molecule has 2 amide bonds. The molecule has 2 fully saturated rings. The summed E-state index contributed by atoms with van der Waals surface area (Å²) < 4.78 is 41.8. The normalized spacial score (nSPS) is 23.2. The molecule has 178 valence electrons. The quantitative estimate of drug-likeness (QED) is 0.627. The molecular formula is C21H24ClF3N6O2. The molecule has 1 unspecified atom stereocenters. The van der Waals surface area contributed by atoms with Gasteiger partial charge in [-0.25, -0.2) is 22.8 Å². The van der Waals surface area contributed by atoms with Crippen LogP contribution in [0, 0.1) is 5.92 Å². The van der Waals surface area contributed by atoms with Crippen molar-refractivity contribution in [2.45, 2.75) is 56.4 Å². The summed E-state index contributed by atoms with van der Waals surface area (Å²) in [7, 11) is 0. The van der Waals surface area contributed by atoms with Gasteiger partial charge >= 0.3 is 0 Å². The lowest BCUT2D eigenvalue weighted by Crippen LogP contribution is -2.52. The smallest absolute Gasteiger partial charge is 0.248 e. The van der Waals surface area contributed by atoms with Crippen molar-refractivity contribution >= 4 is 23.4 Å². The third-order valence-electron chi connectivity index (χ3n) is 6.08. The Morgan fingerprint density at radius 3 is 2.76 bits per heavy atom. The van der Waals surface area contributed by atoms with Crippen LogP contribution in [0.1, 0.15) is 31.2 Å². The number of carbonyl (C=O) groups is 2. The van der Waals surface area contributed by atoms with E-state index < -0.39 is 36.0 Å². The average Bonchev–Trinajstić information content (AvgIpc) is 3.40. The Hall–Kier alpha value is -2.66. The molecular weight excluding hydrogens is 461 g/mol. The lowest BCUT2D eigenvalue weighted by molar-refractivity contribution is -0.142. The monoisotopic (exact) mass is 484 g/mol. The van der Waals surface area contributed by atoms with E-state index in [1.54, 1.807) is 18.2 Å². The van der Waals surface area contributed by atoms with E-state index >= 15 is 0 Å². The number of halogens is 4. The highest BCUT2D eigenvalue weighted by molar-refractivity contribution is 6.30. The van der Waals surface area contributed by atoms with Crippen molar-refractivity contribution in [1.29, 1.82) is 0 Å². The van der Waals surface area contributed by atoms with Gasteiger partial charge in [0, 0.05) is 30.8 Å². The molecule has 4 rings (SSSR count). The van der Waals surface area contributed by atoms with E-state index in [0.29, 0.717) is 16.3 Å². The molecule has 1 aromatic carbocycles. The number of alkyl halides is 3. The number of hydrogen-bond acceptors (Lipinski definition) is 5. The minimum Gasteiger partial charge on any atom is -0.350 e. The average molecular weight is 485 g/mol. The molecule has 12 heteroatoms. The molecule has 33 heavy (non-hydrogen) atoms. The summed E-state index contributed by atoms with van der Waals surface area (Å²) >= 11 is 6.09. The molecule has 3 N–H and O–H groups in total. The van der Waals surface area contributed by atoms with Crippen LogP contribution in [0.2, 0.25) is 5.02 Å². The molecule has 1 saturated heterocycles. The highest BCUT2D eigenvalue weighted by Gasteiger charge is 2.47. The number of amides is 2. The van der Waals surface area contributed by atoms with Crippen LogP contribution in [0.4, 0.5) is 13.2 Å². The molecule has 0 radical (unpaired) electrons. The van der Waals surface area contributed by atoms with E-state index in [0.717, 1.165) is 4.90 Å². The predicted molar refractivity (Wildman–Crippen MR) is 113 cm³/mol. The van der Waals surface area contributed by atoms with E-state index in [1.807, 2.05) is 0 Å². The van der Waals surface area contributed by atoms with Gasteiger partial charge in [-0.05, 0) is 36.1 Å². The Morgan fingerprint density at radius 1 is 1.33 bits per heavy atom. The summed E-state index contributed by atoms with van der Waals surface area (Å²) in [5.74, 6) is -4.20. The van der Waals surface area contributed by atoms with Gasteiger partial charge < -0.3 is 16.0 Å². The topological polar surface area (TPSA) is 106 Å². The third-order valence-corrected chi connectivity index (χ3v) is 6.31. The first-order valence-electron chi connectivity index (χ1n) is 10.6. The van der Waals surface area contributed by atoms with Crippen LogP contribution in [-0.2, 0) is 16.1 Å². The molecule has 1 aliphatic carbocycles. The van der Waals surface area contributed by atoms with Gasteiger partial charge in [-0.2, -0.15) is 5.10 Å². The van der Waals surface area contributed by atoms with Crippen molar-refractivity contribution in [2.75, 3.05) is 6.54 Å². The van der Waals surface area contributed by atoms with Crippen LogP contribution in [0.15, 0.2) is 30.9 Å². The number of nitrogens with two attached hydrogens (primary N) is 1. The summed E-state index contributed by atoms with van der Waals surface area (Å²) in [6.45, 7) is -0.194. The molecule has 1 saturated carbocycles. The van der Waals surface area contributed by atoms with Crippen molar-refractivity contribution in [1.82, 2.24) is 25.0 Å². The fraction of sp³-hybridized carbons (Fsp3) is 0.524. The van der Waals surface area contributed by atoms with Gasteiger partial charge in [0.1, 0.15) is 24.9 Å². The fourth-order valence-electron chi connectivity index (χ4n) is 4.45. The molecule has 2 aromatic rings. The Morgan fingerprint density at radius 2 is 2.09 bits per heavy atom. The van der Waals surface area contributed by atoms with Gasteiger partial charge in [-0.3, -0.25) is 9.59 Å². The fourth-order valence-corrected chi connectivity index (χ4v) is 4.65. The van der Waals surface area contributed by atoms with E-state index in [4.69, 9.17) is 17.3 Å². The highest BCUT2D eigenvalue weighted by Crippen LogP contribution is 2.44. The third kappa shape index (κ3) is 5.30. The van der Waals surface area contributed by atoms with Crippen molar-refractivity contribution in [2.24, 2.45) is 11.7 Å². The van der Waals surface area contributed by atoms with Gasteiger partial charge in [-0.15, -0.1) is 0 Å². The number of likely N-dealkylation sites (tertiary alicyclic amines) is 1. The van der Waals surface area contributed by atoms with Crippen molar-refractivity contribution in [3.63, 3.8) is 0 Å². The summed E-state index contributed by atoms with van der Waals surface area (Å²) in [5.41, 5.74) is 7.24. The Balaban J connectivity index is 1.40. The summed E-state index contributed by atoms with van der Waals surface area (Å²) in [6, 6.07) is 2.98. The van der Waals surface area contributed by atoms with Crippen LogP contribution in [0.3, 0.4) is 0 Å². The van der Waals surface area contributed by atoms with Gasteiger partial charge in [0.25, 0.3) is 0 Å². The predicted octanol–water partition coefficient (Wildman–Crippen LogP) is 2.24. The number of carbonyl (C=O) groups excluding carboxylic acids is 2. The molecule has 2 heterocycles. The highest BCUT2D eigenvalue weighted by atomic mass is 35.5. The first kappa shape index (κ1) is 23.5. The number of hydrogen-bond donors (Lipinski definition) is 2. The molecule has 1 aromatic heterocycles. The molecule has 0 bridgehead atoms. The first-order chi connectivity index (χ1) is 15.6. The van der Waals surface area contributed by atoms with Crippen molar-refractivity contribution in [3.05, 3.63) is 41.4 Å². The summed E-state index contributed by atoms with van der Waals surface area (Å²) in [5, 5.41) is 7.26. The standard InChI is InChI=1S/C21H24ClF3N6O2/c22-14-1-2-17(31-11-27-10-29-31)13(4-14)8-28-19(32)18-5-15(23)9-30(18)20(33)16(26)3-12-6-21(24,25)7-12/h1-2,4,10-12,15-16,18H,3,5-9,26H2,(H,28,32)/t15-,16-,18?/m1/s1. The van der Waals surface area contributed by atoms with E-state index in [1.165, 1.54) is 17.3 Å². The first-order valence-corrected chi connectivity index (χ1v) is 11.0. The Kier molecular flexibility index (Phi) is 6.62. The Labute approximate surface area is 193 Å². The maximum absolute atomic E-state index is 14.2. The second-order valence-corrected chi connectivity index (χ2v) is 9.08. The van der Waals surface area contributed by atoms with Gasteiger partial charge in [0.15, 0.2) is 0 Å². The van der Waals surface area contributed by atoms with E-state index in [2.05, 4.69) is 15.4 Å². The number of rotatable bonds is 7.